The third kappa shape index (κ3) is 3.56. The second kappa shape index (κ2) is 6.53. The highest BCUT2D eigenvalue weighted by atomic mass is 35.5. The Morgan fingerprint density at radius 1 is 1.11 bits per heavy atom. The molecule has 1 aromatic carbocycles. The Morgan fingerprint density at radius 3 is 2.61 bits per heavy atom. The molecule has 0 aliphatic carbocycles. The second-order valence-electron chi connectivity index (χ2n) is 4.19. The molecule has 0 unspecified atom stereocenters. The summed E-state index contributed by atoms with van der Waals surface area (Å²) < 4.78 is 0. The quantitative estimate of drug-likeness (QED) is 0.889. The normalized spacial score (nSPS) is 10.6. The minimum absolute atomic E-state index is 0.775. The largest absolute Gasteiger partial charge is 0.307 e. The fraction of sp³-hybridized carbons (Fsp3) is 0.267. The fourth-order valence-corrected chi connectivity index (χ4v) is 2.01. The lowest BCUT2D eigenvalue weighted by Crippen LogP contribution is -2.15. The number of aryl methyl sites for hydroxylation is 1. The van der Waals surface area contributed by atoms with Gasteiger partial charge in [0.25, 0.3) is 0 Å². The van der Waals surface area contributed by atoms with Gasteiger partial charge in [-0.1, -0.05) is 36.7 Å². The molecule has 0 saturated heterocycles. The van der Waals surface area contributed by atoms with Gasteiger partial charge in [-0.25, -0.2) is 0 Å². The summed E-state index contributed by atoms with van der Waals surface area (Å²) >= 11 is 5.85. The maximum absolute atomic E-state index is 5.85. The van der Waals surface area contributed by atoms with Crippen molar-refractivity contribution in [1.82, 2.24) is 10.3 Å². The van der Waals surface area contributed by atoms with E-state index in [0.717, 1.165) is 30.2 Å². The van der Waals surface area contributed by atoms with Crippen molar-refractivity contribution in [1.29, 1.82) is 0 Å². The summed E-state index contributed by atoms with van der Waals surface area (Å²) in [5, 5.41) is 4.18. The van der Waals surface area contributed by atoms with Crippen LogP contribution in [0.4, 0.5) is 0 Å². The molecule has 0 fully saturated rings. The number of aromatic nitrogens is 1. The van der Waals surface area contributed by atoms with Crippen LogP contribution in [0.1, 0.15) is 23.7 Å². The van der Waals surface area contributed by atoms with Crippen molar-refractivity contribution in [3.8, 4) is 0 Å². The van der Waals surface area contributed by atoms with Gasteiger partial charge in [-0.15, -0.1) is 0 Å². The van der Waals surface area contributed by atoms with Crippen LogP contribution >= 0.6 is 11.6 Å². The Labute approximate surface area is 113 Å². The molecule has 0 aliphatic rings. The first-order valence-corrected chi connectivity index (χ1v) is 6.55. The monoisotopic (exact) mass is 260 g/mol. The summed E-state index contributed by atoms with van der Waals surface area (Å²) in [5.74, 6) is 0. The molecule has 0 aliphatic heterocycles. The van der Waals surface area contributed by atoms with Gasteiger partial charge < -0.3 is 5.32 Å². The Balaban J connectivity index is 1.90. The van der Waals surface area contributed by atoms with Crippen molar-refractivity contribution in [3.63, 3.8) is 0 Å². The molecule has 0 atom stereocenters. The third-order valence-electron chi connectivity index (χ3n) is 2.90. The van der Waals surface area contributed by atoms with Crippen molar-refractivity contribution in [3.05, 3.63) is 64.4 Å². The van der Waals surface area contributed by atoms with Crippen LogP contribution in [0.5, 0.6) is 0 Å². The van der Waals surface area contributed by atoms with Gasteiger partial charge in [-0.05, 0) is 35.7 Å². The highest BCUT2D eigenvalue weighted by Crippen LogP contribution is 2.10. The van der Waals surface area contributed by atoms with E-state index in [1.807, 2.05) is 36.5 Å². The lowest BCUT2D eigenvalue weighted by molar-refractivity contribution is 0.673. The van der Waals surface area contributed by atoms with Gasteiger partial charge in [-0.2, -0.15) is 0 Å². The van der Waals surface area contributed by atoms with E-state index in [2.05, 4.69) is 23.3 Å². The van der Waals surface area contributed by atoms with E-state index in [0.29, 0.717) is 0 Å². The van der Waals surface area contributed by atoms with E-state index in [1.165, 1.54) is 11.1 Å². The van der Waals surface area contributed by atoms with Gasteiger partial charge in [0, 0.05) is 24.3 Å². The summed E-state index contributed by atoms with van der Waals surface area (Å²) in [6.07, 6.45) is 2.87. The molecule has 0 saturated carbocycles. The van der Waals surface area contributed by atoms with E-state index in [9.17, 15) is 0 Å². The van der Waals surface area contributed by atoms with Crippen LogP contribution in [0.25, 0.3) is 0 Å². The number of rotatable bonds is 5. The van der Waals surface area contributed by atoms with E-state index in [-0.39, 0.29) is 0 Å². The second-order valence-corrected chi connectivity index (χ2v) is 4.63. The Kier molecular flexibility index (Phi) is 4.73. The van der Waals surface area contributed by atoms with E-state index < -0.39 is 0 Å². The molecule has 3 heteroatoms. The maximum atomic E-state index is 5.85. The lowest BCUT2D eigenvalue weighted by Gasteiger charge is -2.08. The number of benzene rings is 1. The summed E-state index contributed by atoms with van der Waals surface area (Å²) in [4.78, 5) is 4.41. The average Bonchev–Trinajstić information content (AvgIpc) is 2.41. The highest BCUT2D eigenvalue weighted by molar-refractivity contribution is 6.30. The number of nitrogens with one attached hydrogen (secondary N) is 1. The highest BCUT2D eigenvalue weighted by Gasteiger charge is 2.00. The van der Waals surface area contributed by atoms with Gasteiger partial charge in [0.05, 0.1) is 5.69 Å². The van der Waals surface area contributed by atoms with Gasteiger partial charge >= 0.3 is 0 Å². The predicted octanol–water partition coefficient (Wildman–Crippen LogP) is 3.59. The van der Waals surface area contributed by atoms with Crippen LogP contribution in [-0.2, 0) is 19.5 Å². The third-order valence-corrected chi connectivity index (χ3v) is 3.15. The molecule has 2 aromatic rings. The van der Waals surface area contributed by atoms with Crippen LogP contribution in [0, 0.1) is 0 Å². The van der Waals surface area contributed by atoms with Gasteiger partial charge in [0.15, 0.2) is 0 Å². The van der Waals surface area contributed by atoms with Crippen LogP contribution in [-0.4, -0.2) is 4.98 Å². The summed E-state index contributed by atoms with van der Waals surface area (Å²) in [6.45, 7) is 3.78. The standard InChI is InChI=1S/C15H17ClN2/c1-2-13-4-3-9-18-15(13)11-17-10-12-5-7-14(16)8-6-12/h3-9,17H,2,10-11H2,1H3. The summed E-state index contributed by atoms with van der Waals surface area (Å²) in [5.41, 5.74) is 3.67. The molecule has 0 amide bonds. The number of halogens is 1. The predicted molar refractivity (Wildman–Crippen MR) is 75.6 cm³/mol. The van der Waals surface area contributed by atoms with Crippen LogP contribution < -0.4 is 5.32 Å². The molecule has 0 spiro atoms. The van der Waals surface area contributed by atoms with Crippen LogP contribution in [0.15, 0.2) is 42.6 Å². The zero-order valence-corrected chi connectivity index (χ0v) is 11.2. The van der Waals surface area contributed by atoms with Crippen molar-refractivity contribution in [2.75, 3.05) is 0 Å². The molecule has 94 valence electrons. The number of pyridine rings is 1. The van der Waals surface area contributed by atoms with Gasteiger partial charge in [0.1, 0.15) is 0 Å². The zero-order valence-electron chi connectivity index (χ0n) is 10.5. The molecule has 0 bridgehead atoms. The minimum Gasteiger partial charge on any atom is -0.307 e. The summed E-state index contributed by atoms with van der Waals surface area (Å²) in [7, 11) is 0. The molecule has 2 nitrogen and oxygen atoms in total. The van der Waals surface area contributed by atoms with Crippen LogP contribution in [0.2, 0.25) is 5.02 Å². The topological polar surface area (TPSA) is 24.9 Å². The van der Waals surface area contributed by atoms with Crippen LogP contribution in [0.3, 0.4) is 0 Å². The molecular formula is C15H17ClN2. The van der Waals surface area contributed by atoms with E-state index >= 15 is 0 Å². The lowest BCUT2D eigenvalue weighted by atomic mass is 10.1. The SMILES string of the molecule is CCc1cccnc1CNCc1ccc(Cl)cc1. The average molecular weight is 261 g/mol. The maximum Gasteiger partial charge on any atom is 0.0573 e. The first-order chi connectivity index (χ1) is 8.79. The van der Waals surface area contributed by atoms with E-state index in [1.54, 1.807) is 0 Å². The fourth-order valence-electron chi connectivity index (χ4n) is 1.88. The Bertz CT molecular complexity index is 494. The first kappa shape index (κ1) is 13.1. The molecule has 1 N–H and O–H groups in total. The molecule has 18 heavy (non-hydrogen) atoms. The van der Waals surface area contributed by atoms with Crippen molar-refractivity contribution in [2.45, 2.75) is 26.4 Å². The van der Waals surface area contributed by atoms with Gasteiger partial charge in [0.2, 0.25) is 0 Å². The minimum atomic E-state index is 0.775. The molecule has 1 aromatic heterocycles. The van der Waals surface area contributed by atoms with E-state index in [4.69, 9.17) is 11.6 Å². The van der Waals surface area contributed by atoms with Crippen molar-refractivity contribution < 1.29 is 0 Å². The molecule has 1 heterocycles. The molecular weight excluding hydrogens is 244 g/mol. The summed E-state index contributed by atoms with van der Waals surface area (Å²) in [6, 6.07) is 12.0. The Morgan fingerprint density at radius 2 is 1.89 bits per heavy atom. The molecule has 0 radical (unpaired) electrons. The van der Waals surface area contributed by atoms with Crippen molar-refractivity contribution in [2.24, 2.45) is 0 Å². The smallest absolute Gasteiger partial charge is 0.0573 e. The number of hydrogen-bond acceptors (Lipinski definition) is 2. The van der Waals surface area contributed by atoms with Gasteiger partial charge in [-0.3, -0.25) is 4.98 Å². The molecule has 2 rings (SSSR count). The first-order valence-electron chi connectivity index (χ1n) is 6.17. The Hall–Kier alpha value is -1.38. The number of nitrogens with zero attached hydrogens (tertiary/aromatic N) is 1. The zero-order chi connectivity index (χ0) is 12.8. The van der Waals surface area contributed by atoms with Crippen molar-refractivity contribution >= 4 is 11.6 Å². The number of hydrogen-bond donors (Lipinski definition) is 1.